The summed E-state index contributed by atoms with van der Waals surface area (Å²) in [5.74, 6) is 2.57. The van der Waals surface area contributed by atoms with Crippen molar-refractivity contribution in [1.82, 2.24) is 29.7 Å². The standard InChI is InChI=1S/C30H32FN7OS2/c1-16-13-37(15-24(39-16)19-12-32-38(14-19)20-4-5-20)29-35-26(27-28(36-29)34-18(3)17(2)33-27)22-6-7-23-21(25(22)31)8-9-30(23)40-10-11-41-30/h6-7,12,14,16,20,24H,4-5,8-11,13,15H2,1-3H3/t16-,24-/m1/s1. The molecule has 0 N–H and O–H groups in total. The number of aromatic nitrogens is 6. The lowest BCUT2D eigenvalue weighted by atomic mass is 10.0. The molecule has 0 unspecified atom stereocenters. The number of thioether (sulfide) groups is 2. The van der Waals surface area contributed by atoms with Crippen molar-refractivity contribution in [2.24, 2.45) is 0 Å². The monoisotopic (exact) mass is 589 g/mol. The Hall–Kier alpha value is -2.76. The van der Waals surface area contributed by atoms with E-state index in [1.165, 1.54) is 12.8 Å². The Kier molecular flexibility index (Phi) is 6.09. The number of morpholine rings is 1. The van der Waals surface area contributed by atoms with E-state index in [0.29, 0.717) is 47.5 Å². The SMILES string of the molecule is Cc1nc2nc(N3C[C@@H](C)O[C@@H](c4cnn(C5CC5)c4)C3)nc(-c3ccc4c(c3F)CCC43SCCS3)c2nc1C. The Morgan fingerprint density at radius 1 is 1.02 bits per heavy atom. The summed E-state index contributed by atoms with van der Waals surface area (Å²) in [6.07, 6.45) is 7.90. The Morgan fingerprint density at radius 2 is 1.83 bits per heavy atom. The molecule has 3 aromatic heterocycles. The van der Waals surface area contributed by atoms with E-state index in [1.54, 1.807) is 0 Å². The number of rotatable bonds is 4. The van der Waals surface area contributed by atoms with Crippen LogP contribution in [0.15, 0.2) is 24.5 Å². The van der Waals surface area contributed by atoms with Crippen molar-refractivity contribution in [3.05, 3.63) is 58.4 Å². The van der Waals surface area contributed by atoms with Gasteiger partial charge in [-0.15, -0.1) is 23.5 Å². The van der Waals surface area contributed by atoms with Crippen molar-refractivity contribution >= 4 is 40.6 Å². The van der Waals surface area contributed by atoms with Crippen LogP contribution in [0.25, 0.3) is 22.4 Å². The molecule has 212 valence electrons. The van der Waals surface area contributed by atoms with Gasteiger partial charge in [-0.2, -0.15) is 10.1 Å². The van der Waals surface area contributed by atoms with E-state index in [1.807, 2.05) is 49.6 Å². The first-order chi connectivity index (χ1) is 19.9. The Bertz CT molecular complexity index is 1680. The summed E-state index contributed by atoms with van der Waals surface area (Å²) in [7, 11) is 0. The second kappa shape index (κ2) is 9.64. The Balaban J connectivity index is 1.22. The molecule has 1 aromatic carbocycles. The normalized spacial score (nSPS) is 23.6. The average molecular weight is 590 g/mol. The summed E-state index contributed by atoms with van der Waals surface area (Å²) in [5, 5.41) is 4.58. The summed E-state index contributed by atoms with van der Waals surface area (Å²) in [6.45, 7) is 7.12. The fourth-order valence-electron chi connectivity index (χ4n) is 6.37. The molecule has 1 spiro atoms. The predicted octanol–water partition coefficient (Wildman–Crippen LogP) is 5.92. The first-order valence-electron chi connectivity index (χ1n) is 14.5. The van der Waals surface area contributed by atoms with Crippen LogP contribution in [0, 0.1) is 19.7 Å². The molecular formula is C30H32FN7OS2. The molecule has 8 nitrogen and oxygen atoms in total. The van der Waals surface area contributed by atoms with Gasteiger partial charge in [-0.1, -0.05) is 6.07 Å². The highest BCUT2D eigenvalue weighted by molar-refractivity contribution is 8.20. The van der Waals surface area contributed by atoms with Gasteiger partial charge in [0.2, 0.25) is 5.95 Å². The van der Waals surface area contributed by atoms with Crippen LogP contribution in [-0.2, 0) is 15.2 Å². The lowest BCUT2D eigenvalue weighted by Crippen LogP contribution is -2.43. The van der Waals surface area contributed by atoms with Crippen LogP contribution in [0.2, 0.25) is 0 Å². The van der Waals surface area contributed by atoms with Crippen molar-refractivity contribution in [3.8, 4) is 11.3 Å². The quantitative estimate of drug-likeness (QED) is 0.288. The second-order valence-electron chi connectivity index (χ2n) is 11.7. The highest BCUT2D eigenvalue weighted by atomic mass is 32.2. The van der Waals surface area contributed by atoms with E-state index in [-0.39, 0.29) is 22.1 Å². The number of fused-ring (bicyclic) bond motifs is 3. The third kappa shape index (κ3) is 4.34. The highest BCUT2D eigenvalue weighted by Crippen LogP contribution is 2.59. The summed E-state index contributed by atoms with van der Waals surface area (Å²) >= 11 is 3.92. The van der Waals surface area contributed by atoms with E-state index in [0.717, 1.165) is 52.4 Å². The highest BCUT2D eigenvalue weighted by Gasteiger charge is 2.44. The van der Waals surface area contributed by atoms with Crippen molar-refractivity contribution in [2.75, 3.05) is 29.5 Å². The van der Waals surface area contributed by atoms with Gasteiger partial charge in [0.25, 0.3) is 0 Å². The van der Waals surface area contributed by atoms with E-state index in [2.05, 4.69) is 33.9 Å². The number of benzene rings is 1. The van der Waals surface area contributed by atoms with Gasteiger partial charge < -0.3 is 9.64 Å². The molecule has 2 aliphatic carbocycles. The number of ether oxygens (including phenoxy) is 1. The summed E-state index contributed by atoms with van der Waals surface area (Å²) in [5.41, 5.74) is 6.63. The van der Waals surface area contributed by atoms with Gasteiger partial charge >= 0.3 is 0 Å². The maximum atomic E-state index is 16.4. The van der Waals surface area contributed by atoms with Gasteiger partial charge in [-0.3, -0.25) is 4.68 Å². The maximum Gasteiger partial charge on any atom is 0.228 e. The molecule has 1 saturated carbocycles. The molecule has 2 aliphatic heterocycles. The van der Waals surface area contributed by atoms with Gasteiger partial charge in [0, 0.05) is 35.4 Å². The fraction of sp³-hybridized carbons (Fsp3) is 0.500. The third-order valence-corrected chi connectivity index (χ3v) is 12.3. The van der Waals surface area contributed by atoms with Gasteiger partial charge in [0.15, 0.2) is 5.65 Å². The Morgan fingerprint density at radius 3 is 2.63 bits per heavy atom. The minimum Gasteiger partial charge on any atom is -0.367 e. The summed E-state index contributed by atoms with van der Waals surface area (Å²) in [4.78, 5) is 21.7. The number of aryl methyl sites for hydroxylation is 2. The fourth-order valence-corrected chi connectivity index (χ4v) is 9.72. The number of anilines is 1. The molecule has 0 amide bonds. The minimum absolute atomic E-state index is 0.00657. The van der Waals surface area contributed by atoms with Crippen LogP contribution >= 0.6 is 23.5 Å². The van der Waals surface area contributed by atoms with Crippen LogP contribution in [0.5, 0.6) is 0 Å². The van der Waals surface area contributed by atoms with E-state index in [4.69, 9.17) is 24.7 Å². The molecule has 4 aliphatic rings. The maximum absolute atomic E-state index is 16.4. The van der Waals surface area contributed by atoms with E-state index in [9.17, 15) is 0 Å². The molecule has 41 heavy (non-hydrogen) atoms. The average Bonchev–Trinajstić information content (AvgIpc) is 3.35. The molecule has 8 rings (SSSR count). The lowest BCUT2D eigenvalue weighted by molar-refractivity contribution is -0.0178. The van der Waals surface area contributed by atoms with Crippen LogP contribution in [0.4, 0.5) is 10.3 Å². The Labute approximate surface area is 246 Å². The number of hydrogen-bond acceptors (Lipinski definition) is 9. The van der Waals surface area contributed by atoms with Crippen molar-refractivity contribution in [3.63, 3.8) is 0 Å². The van der Waals surface area contributed by atoms with Crippen LogP contribution in [0.1, 0.15) is 66.4 Å². The predicted molar refractivity (Wildman–Crippen MR) is 161 cm³/mol. The third-order valence-electron chi connectivity index (χ3n) is 8.75. The molecule has 11 heteroatoms. The number of hydrogen-bond donors (Lipinski definition) is 0. The zero-order valence-electron chi connectivity index (χ0n) is 23.4. The van der Waals surface area contributed by atoms with Crippen LogP contribution in [-0.4, -0.2) is 60.4 Å². The molecule has 2 atom stereocenters. The lowest BCUT2D eigenvalue weighted by Gasteiger charge is -2.36. The van der Waals surface area contributed by atoms with Gasteiger partial charge in [-0.05, 0) is 63.6 Å². The van der Waals surface area contributed by atoms with Gasteiger partial charge in [0.05, 0.1) is 40.4 Å². The molecule has 4 aromatic rings. The largest absolute Gasteiger partial charge is 0.367 e. The van der Waals surface area contributed by atoms with E-state index < -0.39 is 0 Å². The first-order valence-corrected chi connectivity index (χ1v) is 16.4. The molecular weight excluding hydrogens is 558 g/mol. The zero-order chi connectivity index (χ0) is 27.9. The molecule has 3 fully saturated rings. The molecule has 5 heterocycles. The molecule has 0 bridgehead atoms. The van der Waals surface area contributed by atoms with Crippen molar-refractivity contribution in [2.45, 2.75) is 68.8 Å². The van der Waals surface area contributed by atoms with Crippen LogP contribution < -0.4 is 4.90 Å². The van der Waals surface area contributed by atoms with Crippen LogP contribution in [0.3, 0.4) is 0 Å². The van der Waals surface area contributed by atoms with Gasteiger partial charge in [0.1, 0.15) is 23.1 Å². The molecule has 2 saturated heterocycles. The topological polar surface area (TPSA) is 81.9 Å². The summed E-state index contributed by atoms with van der Waals surface area (Å²) < 4.78 is 24.8. The first kappa shape index (κ1) is 25.9. The van der Waals surface area contributed by atoms with Crippen molar-refractivity contribution in [1.29, 1.82) is 0 Å². The van der Waals surface area contributed by atoms with Crippen molar-refractivity contribution < 1.29 is 9.13 Å². The zero-order valence-corrected chi connectivity index (χ0v) is 25.1. The number of halogens is 1. The smallest absolute Gasteiger partial charge is 0.228 e. The van der Waals surface area contributed by atoms with E-state index >= 15 is 4.39 Å². The number of nitrogens with zero attached hydrogens (tertiary/aromatic N) is 7. The summed E-state index contributed by atoms with van der Waals surface area (Å²) in [6, 6.07) is 4.54. The second-order valence-corrected chi connectivity index (χ2v) is 14.7. The van der Waals surface area contributed by atoms with Gasteiger partial charge in [-0.25, -0.2) is 19.3 Å². The minimum atomic E-state index is -0.181. The molecule has 0 radical (unpaired) electrons.